The van der Waals surface area contributed by atoms with Gasteiger partial charge in [0.2, 0.25) is 0 Å². The Hall–Kier alpha value is -3.07. The molecule has 0 radical (unpaired) electrons. The minimum atomic E-state index is -1.26. The van der Waals surface area contributed by atoms with E-state index in [9.17, 15) is 9.59 Å². The number of benzene rings is 1. The minimum absolute atomic E-state index is 0.382. The van der Waals surface area contributed by atoms with E-state index in [2.05, 4.69) is 10.3 Å². The SMILES string of the molecule is COC(=O)C(C(=O)OC)C(Nc1nc2ccc(OC)cc2s1)c1ccco1. The van der Waals surface area contributed by atoms with Crippen molar-refractivity contribution < 1.29 is 28.2 Å². The Balaban J connectivity index is 1.99. The fraction of sp³-hybridized carbons (Fsp3) is 0.278. The van der Waals surface area contributed by atoms with E-state index in [1.165, 1.54) is 31.8 Å². The molecule has 0 aliphatic heterocycles. The summed E-state index contributed by atoms with van der Waals surface area (Å²) in [6.07, 6.45) is 1.46. The first-order valence-corrected chi connectivity index (χ1v) is 8.79. The molecule has 0 aliphatic carbocycles. The van der Waals surface area contributed by atoms with Crippen LogP contribution < -0.4 is 10.1 Å². The lowest BCUT2D eigenvalue weighted by atomic mass is 9.97. The fourth-order valence-electron chi connectivity index (χ4n) is 2.64. The lowest BCUT2D eigenvalue weighted by Gasteiger charge is -2.22. The van der Waals surface area contributed by atoms with Crippen molar-refractivity contribution in [3.63, 3.8) is 0 Å². The molecule has 8 nitrogen and oxygen atoms in total. The molecule has 1 atom stereocenters. The van der Waals surface area contributed by atoms with Crippen LogP contribution in [0, 0.1) is 5.92 Å². The smallest absolute Gasteiger partial charge is 0.322 e. The zero-order chi connectivity index (χ0) is 19.4. The van der Waals surface area contributed by atoms with Crippen molar-refractivity contribution >= 4 is 38.6 Å². The molecule has 142 valence electrons. The third-order valence-corrected chi connectivity index (χ3v) is 4.92. The second kappa shape index (κ2) is 8.09. The van der Waals surface area contributed by atoms with Gasteiger partial charge < -0.3 is 23.9 Å². The highest BCUT2D eigenvalue weighted by Crippen LogP contribution is 2.34. The summed E-state index contributed by atoms with van der Waals surface area (Å²) < 4.78 is 21.1. The topological polar surface area (TPSA) is 99.9 Å². The molecule has 1 unspecified atom stereocenters. The molecule has 0 fully saturated rings. The maximum Gasteiger partial charge on any atom is 0.322 e. The Kier molecular flexibility index (Phi) is 5.60. The third-order valence-electron chi connectivity index (χ3n) is 3.97. The molecule has 1 aromatic carbocycles. The van der Waals surface area contributed by atoms with Gasteiger partial charge in [0.15, 0.2) is 11.0 Å². The van der Waals surface area contributed by atoms with Gasteiger partial charge in [-0.3, -0.25) is 9.59 Å². The standard InChI is InChI=1S/C18H18N2O6S/c1-23-10-6-7-11-13(9-10)27-18(19-11)20-15(12-5-4-8-26-12)14(16(21)24-2)17(22)25-3/h4-9,14-15H,1-3H3,(H,19,20). The van der Waals surface area contributed by atoms with Crippen LogP contribution >= 0.6 is 11.3 Å². The fourth-order valence-corrected chi connectivity index (χ4v) is 3.57. The van der Waals surface area contributed by atoms with E-state index < -0.39 is 23.9 Å². The van der Waals surface area contributed by atoms with Crippen molar-refractivity contribution in [1.82, 2.24) is 4.98 Å². The normalized spacial score (nSPS) is 12.0. The molecule has 2 aromatic heterocycles. The van der Waals surface area contributed by atoms with Gasteiger partial charge in [0.25, 0.3) is 0 Å². The quantitative estimate of drug-likeness (QED) is 0.485. The number of fused-ring (bicyclic) bond motifs is 1. The van der Waals surface area contributed by atoms with Crippen LogP contribution in [-0.2, 0) is 19.1 Å². The highest BCUT2D eigenvalue weighted by molar-refractivity contribution is 7.22. The number of rotatable bonds is 7. The van der Waals surface area contributed by atoms with Crippen molar-refractivity contribution in [3.8, 4) is 5.75 Å². The summed E-state index contributed by atoms with van der Waals surface area (Å²) in [5, 5.41) is 3.62. The third kappa shape index (κ3) is 3.87. The van der Waals surface area contributed by atoms with Crippen LogP contribution in [0.1, 0.15) is 11.8 Å². The van der Waals surface area contributed by atoms with E-state index in [1.54, 1.807) is 19.2 Å². The van der Waals surface area contributed by atoms with Gasteiger partial charge >= 0.3 is 11.9 Å². The number of methoxy groups -OCH3 is 3. The number of furan rings is 1. The summed E-state index contributed by atoms with van der Waals surface area (Å²) in [4.78, 5) is 29.0. The lowest BCUT2D eigenvalue weighted by molar-refractivity contribution is -0.159. The van der Waals surface area contributed by atoms with E-state index in [4.69, 9.17) is 18.6 Å². The molecule has 9 heteroatoms. The molecular formula is C18H18N2O6S. The molecule has 0 aliphatic rings. The van der Waals surface area contributed by atoms with Crippen LogP contribution in [0.15, 0.2) is 41.0 Å². The second-order valence-corrected chi connectivity index (χ2v) is 6.54. The maximum absolute atomic E-state index is 12.3. The molecule has 3 aromatic rings. The Labute approximate surface area is 159 Å². The Morgan fingerprint density at radius 1 is 1.15 bits per heavy atom. The van der Waals surface area contributed by atoms with E-state index >= 15 is 0 Å². The monoisotopic (exact) mass is 390 g/mol. The Morgan fingerprint density at radius 3 is 2.48 bits per heavy atom. The lowest BCUT2D eigenvalue weighted by Crippen LogP contribution is -2.35. The average Bonchev–Trinajstić information content (AvgIpc) is 3.35. The molecule has 0 saturated carbocycles. The molecule has 0 bridgehead atoms. The van der Waals surface area contributed by atoms with E-state index in [1.807, 2.05) is 18.2 Å². The predicted octanol–water partition coefficient (Wildman–Crippen LogP) is 3.01. The van der Waals surface area contributed by atoms with Crippen LogP contribution in [-0.4, -0.2) is 38.3 Å². The first-order chi connectivity index (χ1) is 13.1. The number of hydrogen-bond donors (Lipinski definition) is 1. The number of carbonyl (C=O) groups is 2. The van der Waals surface area contributed by atoms with Crippen LogP contribution in [0.25, 0.3) is 10.2 Å². The summed E-state index contributed by atoms with van der Waals surface area (Å²) in [6, 6.07) is 7.98. The van der Waals surface area contributed by atoms with Gasteiger partial charge in [-0.05, 0) is 30.3 Å². The Bertz CT molecular complexity index is 921. The molecule has 27 heavy (non-hydrogen) atoms. The highest BCUT2D eigenvalue weighted by atomic mass is 32.1. The highest BCUT2D eigenvalue weighted by Gasteiger charge is 2.40. The maximum atomic E-state index is 12.3. The van der Waals surface area contributed by atoms with Gasteiger partial charge in [-0.1, -0.05) is 11.3 Å². The number of nitrogens with one attached hydrogen (secondary N) is 1. The first kappa shape index (κ1) is 18.7. The number of anilines is 1. The number of nitrogens with zero attached hydrogens (tertiary/aromatic N) is 1. The summed E-state index contributed by atoms with van der Waals surface area (Å²) in [6.45, 7) is 0. The molecule has 1 N–H and O–H groups in total. The number of carbonyl (C=O) groups excluding carboxylic acids is 2. The first-order valence-electron chi connectivity index (χ1n) is 7.97. The average molecular weight is 390 g/mol. The number of esters is 2. The predicted molar refractivity (Wildman–Crippen MR) is 98.8 cm³/mol. The van der Waals surface area contributed by atoms with Crippen LogP contribution in [0.2, 0.25) is 0 Å². The number of aromatic nitrogens is 1. The summed E-state index contributed by atoms with van der Waals surface area (Å²) in [5.41, 5.74) is 0.759. The largest absolute Gasteiger partial charge is 0.497 e. The summed E-state index contributed by atoms with van der Waals surface area (Å²) >= 11 is 1.36. The van der Waals surface area contributed by atoms with Crippen molar-refractivity contribution in [1.29, 1.82) is 0 Å². The molecule has 2 heterocycles. The zero-order valence-corrected chi connectivity index (χ0v) is 15.7. The number of hydrogen-bond acceptors (Lipinski definition) is 9. The number of ether oxygens (including phenoxy) is 3. The van der Waals surface area contributed by atoms with Crippen molar-refractivity contribution in [2.75, 3.05) is 26.6 Å². The van der Waals surface area contributed by atoms with Crippen LogP contribution in [0.4, 0.5) is 5.13 Å². The van der Waals surface area contributed by atoms with Gasteiger partial charge in [0, 0.05) is 0 Å². The molecule has 3 rings (SSSR count). The molecule has 0 saturated heterocycles. The zero-order valence-electron chi connectivity index (χ0n) is 14.9. The van der Waals surface area contributed by atoms with Gasteiger partial charge in [0.1, 0.15) is 17.6 Å². The van der Waals surface area contributed by atoms with Gasteiger partial charge in [-0.25, -0.2) is 4.98 Å². The number of thiazole rings is 1. The van der Waals surface area contributed by atoms with Gasteiger partial charge in [-0.2, -0.15) is 0 Å². The molecule has 0 amide bonds. The van der Waals surface area contributed by atoms with E-state index in [-0.39, 0.29) is 0 Å². The summed E-state index contributed by atoms with van der Waals surface area (Å²) in [5.74, 6) is -1.64. The van der Waals surface area contributed by atoms with Gasteiger partial charge in [-0.15, -0.1) is 0 Å². The van der Waals surface area contributed by atoms with Crippen molar-refractivity contribution in [2.24, 2.45) is 5.92 Å². The van der Waals surface area contributed by atoms with Crippen LogP contribution in [0.5, 0.6) is 5.75 Å². The van der Waals surface area contributed by atoms with Crippen molar-refractivity contribution in [2.45, 2.75) is 6.04 Å². The minimum Gasteiger partial charge on any atom is -0.497 e. The molecular weight excluding hydrogens is 372 g/mol. The Morgan fingerprint density at radius 2 is 1.89 bits per heavy atom. The van der Waals surface area contributed by atoms with E-state index in [0.29, 0.717) is 16.6 Å². The van der Waals surface area contributed by atoms with Crippen molar-refractivity contribution in [3.05, 3.63) is 42.4 Å². The molecule has 0 spiro atoms. The summed E-state index contributed by atoms with van der Waals surface area (Å²) in [7, 11) is 4.01. The van der Waals surface area contributed by atoms with Gasteiger partial charge in [0.05, 0.1) is 37.8 Å². The van der Waals surface area contributed by atoms with E-state index in [0.717, 1.165) is 10.2 Å². The van der Waals surface area contributed by atoms with Crippen LogP contribution in [0.3, 0.4) is 0 Å². The second-order valence-electron chi connectivity index (χ2n) is 5.51.